The van der Waals surface area contributed by atoms with Gasteiger partial charge in [0.25, 0.3) is 0 Å². The van der Waals surface area contributed by atoms with Crippen LogP contribution in [0.25, 0.3) is 11.3 Å². The molecule has 0 aliphatic heterocycles. The van der Waals surface area contributed by atoms with Crippen LogP contribution >= 0.6 is 0 Å². The van der Waals surface area contributed by atoms with E-state index in [-0.39, 0.29) is 0 Å². The Morgan fingerprint density at radius 1 is 1.22 bits per heavy atom. The first kappa shape index (κ1) is 15.3. The van der Waals surface area contributed by atoms with Crippen molar-refractivity contribution in [1.29, 1.82) is 0 Å². The molecule has 0 saturated heterocycles. The summed E-state index contributed by atoms with van der Waals surface area (Å²) in [5, 5.41) is 11.8. The molecular formula is C17H20N4O2. The van der Waals surface area contributed by atoms with Crippen molar-refractivity contribution in [1.82, 2.24) is 20.3 Å². The second-order valence-electron chi connectivity index (χ2n) is 5.34. The third kappa shape index (κ3) is 3.27. The van der Waals surface area contributed by atoms with Gasteiger partial charge in [0.15, 0.2) is 5.76 Å². The van der Waals surface area contributed by atoms with Gasteiger partial charge in [-0.05, 0) is 6.92 Å². The van der Waals surface area contributed by atoms with Crippen LogP contribution in [0, 0.1) is 6.92 Å². The zero-order chi connectivity index (χ0) is 16.2. The summed E-state index contributed by atoms with van der Waals surface area (Å²) in [6.45, 7) is 3.23. The van der Waals surface area contributed by atoms with Crippen molar-refractivity contribution < 1.29 is 9.26 Å². The van der Waals surface area contributed by atoms with E-state index in [0.717, 1.165) is 34.2 Å². The number of benzene rings is 1. The third-order valence-electron chi connectivity index (χ3n) is 3.71. The highest BCUT2D eigenvalue weighted by Crippen LogP contribution is 2.21. The average molecular weight is 312 g/mol. The van der Waals surface area contributed by atoms with Gasteiger partial charge in [-0.1, -0.05) is 35.5 Å². The number of aryl methyl sites for hydroxylation is 2. The standard InChI is InChI=1S/C17H20N4O2/c1-12-15(17(22-3)21(2)19-12)11-18-10-14-9-16(20-23-14)13-7-5-4-6-8-13/h4-9,18H,10-11H2,1-3H3. The van der Waals surface area contributed by atoms with Crippen LogP contribution in [0.4, 0.5) is 0 Å². The molecule has 23 heavy (non-hydrogen) atoms. The van der Waals surface area contributed by atoms with Crippen LogP contribution in [0.5, 0.6) is 5.88 Å². The zero-order valence-corrected chi connectivity index (χ0v) is 13.5. The normalized spacial score (nSPS) is 10.9. The fourth-order valence-electron chi connectivity index (χ4n) is 2.59. The number of aromatic nitrogens is 3. The first-order valence-electron chi connectivity index (χ1n) is 7.47. The minimum Gasteiger partial charge on any atom is -0.481 e. The highest BCUT2D eigenvalue weighted by molar-refractivity contribution is 5.58. The quantitative estimate of drug-likeness (QED) is 0.758. The molecule has 2 aromatic heterocycles. The largest absolute Gasteiger partial charge is 0.481 e. The molecule has 6 nitrogen and oxygen atoms in total. The van der Waals surface area contributed by atoms with Crippen molar-refractivity contribution in [2.45, 2.75) is 20.0 Å². The summed E-state index contributed by atoms with van der Waals surface area (Å²) in [7, 11) is 3.53. The molecule has 0 radical (unpaired) electrons. The minimum absolute atomic E-state index is 0.595. The Morgan fingerprint density at radius 3 is 2.74 bits per heavy atom. The Labute approximate surface area is 135 Å². The molecular weight excluding hydrogens is 292 g/mol. The Kier molecular flexibility index (Phi) is 4.43. The van der Waals surface area contributed by atoms with Crippen LogP contribution in [-0.4, -0.2) is 22.0 Å². The van der Waals surface area contributed by atoms with E-state index in [0.29, 0.717) is 13.1 Å². The van der Waals surface area contributed by atoms with Crippen LogP contribution in [-0.2, 0) is 20.1 Å². The van der Waals surface area contributed by atoms with Crippen LogP contribution < -0.4 is 10.1 Å². The second-order valence-corrected chi connectivity index (χ2v) is 5.34. The Morgan fingerprint density at radius 2 is 2.00 bits per heavy atom. The number of nitrogens with zero attached hydrogens (tertiary/aromatic N) is 3. The smallest absolute Gasteiger partial charge is 0.216 e. The summed E-state index contributed by atoms with van der Waals surface area (Å²) in [5.74, 6) is 1.57. The molecule has 3 rings (SSSR count). The zero-order valence-electron chi connectivity index (χ0n) is 13.5. The van der Waals surface area contributed by atoms with Crippen molar-refractivity contribution in [2.24, 2.45) is 7.05 Å². The lowest BCUT2D eigenvalue weighted by Gasteiger charge is -2.05. The van der Waals surface area contributed by atoms with Crippen LogP contribution in [0.3, 0.4) is 0 Å². The fourth-order valence-corrected chi connectivity index (χ4v) is 2.59. The highest BCUT2D eigenvalue weighted by Gasteiger charge is 2.13. The monoisotopic (exact) mass is 312 g/mol. The maximum absolute atomic E-state index is 5.39. The molecule has 0 fully saturated rings. The molecule has 0 bridgehead atoms. The fraction of sp³-hybridized carbons (Fsp3) is 0.294. The summed E-state index contributed by atoms with van der Waals surface area (Å²) >= 11 is 0. The van der Waals surface area contributed by atoms with Crippen LogP contribution in [0.2, 0.25) is 0 Å². The lowest BCUT2D eigenvalue weighted by molar-refractivity contribution is 0.362. The van der Waals surface area contributed by atoms with Gasteiger partial charge in [-0.15, -0.1) is 0 Å². The van der Waals surface area contributed by atoms with Gasteiger partial charge in [-0.2, -0.15) is 5.10 Å². The summed E-state index contributed by atoms with van der Waals surface area (Å²) in [4.78, 5) is 0. The molecule has 0 atom stereocenters. The summed E-state index contributed by atoms with van der Waals surface area (Å²) in [6.07, 6.45) is 0. The van der Waals surface area contributed by atoms with Gasteiger partial charge in [0.2, 0.25) is 5.88 Å². The predicted molar refractivity (Wildman–Crippen MR) is 87.0 cm³/mol. The van der Waals surface area contributed by atoms with Gasteiger partial charge < -0.3 is 14.6 Å². The first-order valence-corrected chi connectivity index (χ1v) is 7.47. The molecule has 0 spiro atoms. The summed E-state index contributed by atoms with van der Waals surface area (Å²) in [5.41, 5.74) is 3.90. The molecule has 0 saturated carbocycles. The number of methoxy groups -OCH3 is 1. The van der Waals surface area contributed by atoms with Gasteiger partial charge in [0.1, 0.15) is 5.69 Å². The number of nitrogens with one attached hydrogen (secondary N) is 1. The molecule has 0 unspecified atom stereocenters. The lowest BCUT2D eigenvalue weighted by Crippen LogP contribution is -2.13. The molecule has 1 N–H and O–H groups in total. The third-order valence-corrected chi connectivity index (χ3v) is 3.71. The minimum atomic E-state index is 0.595. The van der Waals surface area contributed by atoms with Crippen molar-refractivity contribution in [3.8, 4) is 17.1 Å². The van der Waals surface area contributed by atoms with Gasteiger partial charge >= 0.3 is 0 Å². The van der Waals surface area contributed by atoms with E-state index in [4.69, 9.17) is 9.26 Å². The lowest BCUT2D eigenvalue weighted by atomic mass is 10.1. The van der Waals surface area contributed by atoms with Gasteiger partial charge in [0.05, 0.1) is 24.9 Å². The van der Waals surface area contributed by atoms with Gasteiger partial charge in [-0.25, -0.2) is 4.68 Å². The number of hydrogen-bond donors (Lipinski definition) is 1. The van der Waals surface area contributed by atoms with Crippen molar-refractivity contribution in [2.75, 3.05) is 7.11 Å². The van der Waals surface area contributed by atoms with E-state index in [9.17, 15) is 0 Å². The van der Waals surface area contributed by atoms with Crippen LogP contribution in [0.1, 0.15) is 17.0 Å². The maximum atomic E-state index is 5.39. The number of rotatable bonds is 6. The van der Waals surface area contributed by atoms with E-state index in [1.165, 1.54) is 0 Å². The van der Waals surface area contributed by atoms with Crippen molar-refractivity contribution in [3.05, 3.63) is 53.4 Å². The molecule has 0 aliphatic carbocycles. The summed E-state index contributed by atoms with van der Waals surface area (Å²) < 4.78 is 12.5. The van der Waals surface area contributed by atoms with E-state index in [1.54, 1.807) is 11.8 Å². The van der Waals surface area contributed by atoms with E-state index >= 15 is 0 Å². The molecule has 0 amide bonds. The SMILES string of the molecule is COc1c(CNCc2cc(-c3ccccc3)no2)c(C)nn1C. The van der Waals surface area contributed by atoms with Gasteiger partial charge in [0, 0.05) is 25.2 Å². The Hall–Kier alpha value is -2.60. The first-order chi connectivity index (χ1) is 11.2. The molecule has 1 aromatic carbocycles. The number of hydrogen-bond acceptors (Lipinski definition) is 5. The molecule has 6 heteroatoms. The average Bonchev–Trinajstić information content (AvgIpc) is 3.13. The Balaban J connectivity index is 1.63. The maximum Gasteiger partial charge on any atom is 0.216 e. The van der Waals surface area contributed by atoms with E-state index in [1.807, 2.05) is 50.4 Å². The molecule has 3 aromatic rings. The van der Waals surface area contributed by atoms with E-state index < -0.39 is 0 Å². The van der Waals surface area contributed by atoms with Crippen LogP contribution in [0.15, 0.2) is 40.9 Å². The van der Waals surface area contributed by atoms with Crippen molar-refractivity contribution >= 4 is 0 Å². The molecule has 120 valence electrons. The second kappa shape index (κ2) is 6.66. The topological polar surface area (TPSA) is 65.1 Å². The predicted octanol–water partition coefficient (Wildman–Crippen LogP) is 2.68. The van der Waals surface area contributed by atoms with E-state index in [2.05, 4.69) is 15.6 Å². The molecule has 2 heterocycles. The highest BCUT2D eigenvalue weighted by atomic mass is 16.5. The van der Waals surface area contributed by atoms with Gasteiger partial charge in [-0.3, -0.25) is 0 Å². The Bertz CT molecular complexity index is 777. The molecule has 0 aliphatic rings. The summed E-state index contributed by atoms with van der Waals surface area (Å²) in [6, 6.07) is 11.9. The number of ether oxygens (including phenoxy) is 1. The van der Waals surface area contributed by atoms with Crippen molar-refractivity contribution in [3.63, 3.8) is 0 Å².